The maximum absolute atomic E-state index is 13.8. The summed E-state index contributed by atoms with van der Waals surface area (Å²) < 4.78 is 21.1. The highest BCUT2D eigenvalue weighted by molar-refractivity contribution is 7.99. The van der Waals surface area contributed by atoms with Crippen LogP contribution in [0.5, 0.6) is 5.75 Å². The van der Waals surface area contributed by atoms with Gasteiger partial charge in [-0.05, 0) is 54.3 Å². The normalized spacial score (nSPS) is 14.3. The second-order valence-electron chi connectivity index (χ2n) is 10.3. The third-order valence-corrected chi connectivity index (χ3v) is 9.11. The van der Waals surface area contributed by atoms with E-state index in [1.54, 1.807) is 34.1 Å². The minimum Gasteiger partial charge on any atom is -0.495 e. The Morgan fingerprint density at radius 1 is 1.04 bits per heavy atom. The SMILES string of the molecule is COc1ccccc1-n1c(CNC(=O)c2cccc(F)c2)nnc1SCC(=O)N1N=C(c2cccs2)CC1c1ccc(C)cc1. The highest BCUT2D eigenvalue weighted by atomic mass is 32.2. The van der Waals surface area contributed by atoms with E-state index in [1.807, 2.05) is 66.9 Å². The van der Waals surface area contributed by atoms with Crippen molar-refractivity contribution in [2.45, 2.75) is 31.1 Å². The maximum Gasteiger partial charge on any atom is 0.253 e. The molecule has 3 aromatic carbocycles. The minimum absolute atomic E-state index is 0.00495. The molecule has 45 heavy (non-hydrogen) atoms. The molecule has 0 saturated heterocycles. The number of hydrazone groups is 1. The average molecular weight is 641 g/mol. The number of hydrogen-bond acceptors (Lipinski definition) is 8. The van der Waals surface area contributed by atoms with Crippen LogP contribution in [0.1, 0.15) is 44.6 Å². The number of hydrogen-bond donors (Lipinski definition) is 1. The van der Waals surface area contributed by atoms with Gasteiger partial charge in [0.1, 0.15) is 11.6 Å². The van der Waals surface area contributed by atoms with Gasteiger partial charge in [0.15, 0.2) is 11.0 Å². The van der Waals surface area contributed by atoms with Gasteiger partial charge in [-0.3, -0.25) is 14.2 Å². The van der Waals surface area contributed by atoms with Crippen LogP contribution in [0.4, 0.5) is 4.39 Å². The molecule has 0 fully saturated rings. The lowest BCUT2D eigenvalue weighted by molar-refractivity contribution is -0.130. The molecule has 1 aliphatic heterocycles. The second-order valence-corrected chi connectivity index (χ2v) is 12.2. The molecule has 228 valence electrons. The van der Waals surface area contributed by atoms with Crippen molar-refractivity contribution in [3.05, 3.63) is 124 Å². The topological polar surface area (TPSA) is 102 Å². The van der Waals surface area contributed by atoms with Crippen molar-refractivity contribution in [1.82, 2.24) is 25.1 Å². The number of aromatic nitrogens is 3. The number of ether oxygens (including phenoxy) is 1. The summed E-state index contributed by atoms with van der Waals surface area (Å²) in [6, 6.07) is 24.7. The van der Waals surface area contributed by atoms with Crippen molar-refractivity contribution in [3.8, 4) is 11.4 Å². The van der Waals surface area contributed by atoms with Crippen LogP contribution in [-0.4, -0.2) is 50.2 Å². The minimum atomic E-state index is -0.502. The van der Waals surface area contributed by atoms with Crippen LogP contribution < -0.4 is 10.1 Å². The number of halogens is 1. The molecule has 12 heteroatoms. The lowest BCUT2D eigenvalue weighted by atomic mass is 10.00. The highest BCUT2D eigenvalue weighted by Crippen LogP contribution is 2.35. The number of para-hydroxylation sites is 2. The van der Waals surface area contributed by atoms with Gasteiger partial charge in [0, 0.05) is 12.0 Å². The molecule has 1 aliphatic rings. The van der Waals surface area contributed by atoms with E-state index >= 15 is 0 Å². The fraction of sp³-hybridized carbons (Fsp3) is 0.182. The average Bonchev–Trinajstić information content (AvgIpc) is 3.83. The first kappa shape index (κ1) is 30.2. The summed E-state index contributed by atoms with van der Waals surface area (Å²) in [5, 5.41) is 20.3. The quantitative estimate of drug-likeness (QED) is 0.183. The van der Waals surface area contributed by atoms with Gasteiger partial charge in [0.25, 0.3) is 11.8 Å². The molecule has 1 N–H and O–H groups in total. The number of amides is 2. The Bertz CT molecular complexity index is 1860. The third kappa shape index (κ3) is 6.66. The Balaban J connectivity index is 1.26. The van der Waals surface area contributed by atoms with E-state index in [0.717, 1.165) is 21.7 Å². The molecule has 6 rings (SSSR count). The first-order valence-electron chi connectivity index (χ1n) is 14.2. The van der Waals surface area contributed by atoms with E-state index in [0.29, 0.717) is 28.8 Å². The molecule has 0 aliphatic carbocycles. The number of nitrogens with one attached hydrogen (secondary N) is 1. The number of nitrogens with zero attached hydrogens (tertiary/aromatic N) is 5. The molecule has 2 amide bonds. The smallest absolute Gasteiger partial charge is 0.253 e. The molecule has 9 nitrogen and oxygen atoms in total. The Morgan fingerprint density at radius 2 is 1.87 bits per heavy atom. The molecule has 0 radical (unpaired) electrons. The lowest BCUT2D eigenvalue weighted by Gasteiger charge is -2.22. The van der Waals surface area contributed by atoms with Gasteiger partial charge in [-0.2, -0.15) is 5.10 Å². The number of rotatable bonds is 10. The zero-order valence-corrected chi connectivity index (χ0v) is 26.1. The van der Waals surface area contributed by atoms with Gasteiger partial charge < -0.3 is 10.1 Å². The Labute approximate surface area is 267 Å². The van der Waals surface area contributed by atoms with Gasteiger partial charge in [0.05, 0.1) is 41.7 Å². The lowest BCUT2D eigenvalue weighted by Crippen LogP contribution is -2.28. The number of carbonyl (C=O) groups excluding carboxylic acids is 2. The van der Waals surface area contributed by atoms with Crippen LogP contribution in [0.15, 0.2) is 101 Å². The van der Waals surface area contributed by atoms with E-state index in [2.05, 4.69) is 15.5 Å². The number of thioether (sulfide) groups is 1. The number of methoxy groups -OCH3 is 1. The Kier molecular flexibility index (Phi) is 9.03. The molecule has 0 saturated carbocycles. The fourth-order valence-electron chi connectivity index (χ4n) is 5.03. The largest absolute Gasteiger partial charge is 0.495 e. The van der Waals surface area contributed by atoms with E-state index in [4.69, 9.17) is 9.84 Å². The van der Waals surface area contributed by atoms with Crippen LogP contribution in [-0.2, 0) is 11.3 Å². The van der Waals surface area contributed by atoms with Gasteiger partial charge in [-0.25, -0.2) is 9.40 Å². The monoisotopic (exact) mass is 640 g/mol. The summed E-state index contributed by atoms with van der Waals surface area (Å²) in [4.78, 5) is 27.6. The van der Waals surface area contributed by atoms with E-state index in [-0.39, 0.29) is 29.8 Å². The molecule has 1 unspecified atom stereocenters. The zero-order chi connectivity index (χ0) is 31.3. The molecular formula is C33H29FN6O3S2. The van der Waals surface area contributed by atoms with E-state index < -0.39 is 11.7 Å². The number of benzene rings is 3. The van der Waals surface area contributed by atoms with Crippen molar-refractivity contribution < 1.29 is 18.7 Å². The maximum atomic E-state index is 13.8. The van der Waals surface area contributed by atoms with Crippen LogP contribution in [0.3, 0.4) is 0 Å². The summed E-state index contributed by atoms with van der Waals surface area (Å²) in [6.45, 7) is 2.04. The van der Waals surface area contributed by atoms with Gasteiger partial charge in [0.2, 0.25) is 0 Å². The number of aryl methyl sites for hydroxylation is 1. The predicted molar refractivity (Wildman–Crippen MR) is 172 cm³/mol. The molecule has 1 atom stereocenters. The first-order valence-corrected chi connectivity index (χ1v) is 16.0. The zero-order valence-electron chi connectivity index (χ0n) is 24.5. The first-order chi connectivity index (χ1) is 21.9. The van der Waals surface area contributed by atoms with Crippen LogP contribution in [0.25, 0.3) is 5.69 Å². The van der Waals surface area contributed by atoms with Gasteiger partial charge in [-0.1, -0.05) is 65.9 Å². The third-order valence-electron chi connectivity index (χ3n) is 7.28. The summed E-state index contributed by atoms with van der Waals surface area (Å²) >= 11 is 2.82. The van der Waals surface area contributed by atoms with Crippen molar-refractivity contribution in [2.75, 3.05) is 12.9 Å². The summed E-state index contributed by atoms with van der Waals surface area (Å²) in [7, 11) is 1.56. The molecule has 5 aromatic rings. The van der Waals surface area contributed by atoms with Crippen LogP contribution in [0.2, 0.25) is 0 Å². The van der Waals surface area contributed by atoms with E-state index in [1.165, 1.54) is 36.0 Å². The summed E-state index contributed by atoms with van der Waals surface area (Å²) in [5.74, 6) is -0.107. The number of thiophene rings is 1. The molecular weight excluding hydrogens is 612 g/mol. The molecule has 0 bridgehead atoms. The Hall–Kier alpha value is -4.81. The van der Waals surface area contributed by atoms with Crippen molar-refractivity contribution in [2.24, 2.45) is 5.10 Å². The molecule has 0 spiro atoms. The van der Waals surface area contributed by atoms with Crippen molar-refractivity contribution >= 4 is 40.6 Å². The molecule has 2 aromatic heterocycles. The van der Waals surface area contributed by atoms with Crippen LogP contribution >= 0.6 is 23.1 Å². The van der Waals surface area contributed by atoms with Gasteiger partial charge >= 0.3 is 0 Å². The van der Waals surface area contributed by atoms with E-state index in [9.17, 15) is 14.0 Å². The second kappa shape index (κ2) is 13.4. The van der Waals surface area contributed by atoms with Crippen molar-refractivity contribution in [3.63, 3.8) is 0 Å². The number of carbonyl (C=O) groups is 2. The summed E-state index contributed by atoms with van der Waals surface area (Å²) in [5.41, 5.74) is 3.87. The van der Waals surface area contributed by atoms with Crippen molar-refractivity contribution in [1.29, 1.82) is 0 Å². The Morgan fingerprint density at radius 3 is 2.62 bits per heavy atom. The fourth-order valence-corrected chi connectivity index (χ4v) is 6.57. The van der Waals surface area contributed by atoms with Gasteiger partial charge in [-0.15, -0.1) is 21.5 Å². The van der Waals surface area contributed by atoms with Crippen LogP contribution in [0, 0.1) is 12.7 Å². The standard InChI is InChI=1S/C33H29FN6O3S2/c1-21-12-14-22(15-13-21)27-18-25(29-11-6-16-44-29)38-40(27)31(41)20-45-33-37-36-30(39(33)26-9-3-4-10-28(26)43-2)19-35-32(42)23-7-5-8-24(34)17-23/h3-17,27H,18-20H2,1-2H3,(H,35,42). The summed E-state index contributed by atoms with van der Waals surface area (Å²) in [6.07, 6.45) is 0.618. The predicted octanol–water partition coefficient (Wildman–Crippen LogP) is 6.18. The highest BCUT2D eigenvalue weighted by Gasteiger charge is 2.33. The molecule has 3 heterocycles.